The van der Waals surface area contributed by atoms with Crippen molar-refractivity contribution < 1.29 is 14.5 Å². The summed E-state index contributed by atoms with van der Waals surface area (Å²) in [6.07, 6.45) is 0.922. The number of hydrogen-bond donors (Lipinski definition) is 0. The third-order valence-electron chi connectivity index (χ3n) is 3.41. The van der Waals surface area contributed by atoms with Crippen LogP contribution in [0.2, 0.25) is 0 Å². The van der Waals surface area contributed by atoms with Gasteiger partial charge in [0.15, 0.2) is 5.69 Å². The van der Waals surface area contributed by atoms with Gasteiger partial charge in [0.05, 0.1) is 4.92 Å². The molecule has 0 bridgehead atoms. The Bertz CT molecular complexity index is 1120. The molecule has 3 heterocycles. The van der Waals surface area contributed by atoms with E-state index in [0.29, 0.717) is 0 Å². The molecule has 4 rings (SSSR count). The Hall–Kier alpha value is -3.47. The fourth-order valence-corrected chi connectivity index (χ4v) is 3.43. The number of rotatable bonds is 2. The van der Waals surface area contributed by atoms with Crippen LogP contribution in [-0.4, -0.2) is 31.3 Å². The summed E-state index contributed by atoms with van der Waals surface area (Å²) in [5.74, 6) is -1.47. The van der Waals surface area contributed by atoms with Crippen LogP contribution in [0.3, 0.4) is 0 Å². The second kappa shape index (κ2) is 4.76. The standard InChI is InChI=1S/C13H5N5O5S/c19-8-5-14-17-9-10(24-13(17)15-8)12(21)16(11(9)20)6-3-1-2-4-7(6)18(22)23/h1-5H. The van der Waals surface area contributed by atoms with Crippen LogP contribution in [0.4, 0.5) is 11.4 Å². The number of carbonyl (C=O) groups is 2. The SMILES string of the molecule is O=C1c2sc3nc(=O)cnn3c2C(=O)N1c1ccccc1[N+](=O)[O-]. The number of hydrogen-bond acceptors (Lipinski definition) is 8. The van der Waals surface area contributed by atoms with Crippen molar-refractivity contribution in [3.05, 3.63) is 61.5 Å². The molecule has 11 heteroatoms. The summed E-state index contributed by atoms with van der Waals surface area (Å²) in [5.41, 5.74) is -1.14. The number of aromatic nitrogens is 3. The number of nitrogens with zero attached hydrogens (tertiary/aromatic N) is 5. The smallest absolute Gasteiger partial charge is 0.267 e. The Morgan fingerprint density at radius 2 is 1.88 bits per heavy atom. The number of imide groups is 1. The maximum atomic E-state index is 12.7. The topological polar surface area (TPSA) is 128 Å². The molecule has 0 unspecified atom stereocenters. The van der Waals surface area contributed by atoms with E-state index in [1.165, 1.54) is 24.3 Å². The van der Waals surface area contributed by atoms with Crippen molar-refractivity contribution in [2.24, 2.45) is 0 Å². The molecule has 0 fully saturated rings. The van der Waals surface area contributed by atoms with Crippen LogP contribution in [0, 0.1) is 10.1 Å². The number of thiazole rings is 1. The first-order valence-corrected chi connectivity index (χ1v) is 7.32. The zero-order valence-electron chi connectivity index (χ0n) is 11.6. The first kappa shape index (κ1) is 14.1. The lowest BCUT2D eigenvalue weighted by atomic mass is 10.2. The Morgan fingerprint density at radius 1 is 1.12 bits per heavy atom. The quantitative estimate of drug-likeness (QED) is 0.383. The van der Waals surface area contributed by atoms with Crippen molar-refractivity contribution in [3.63, 3.8) is 0 Å². The minimum absolute atomic E-state index is 0.0313. The van der Waals surface area contributed by atoms with Crippen LogP contribution in [0.1, 0.15) is 20.2 Å². The van der Waals surface area contributed by atoms with Gasteiger partial charge in [-0.2, -0.15) is 14.6 Å². The molecule has 24 heavy (non-hydrogen) atoms. The lowest BCUT2D eigenvalue weighted by molar-refractivity contribution is -0.384. The predicted octanol–water partition coefficient (Wildman–Crippen LogP) is 0.860. The van der Waals surface area contributed by atoms with Gasteiger partial charge >= 0.3 is 0 Å². The summed E-state index contributed by atoms with van der Waals surface area (Å²) < 4.78 is 1.09. The molecule has 118 valence electrons. The first-order valence-electron chi connectivity index (χ1n) is 6.50. The first-order chi connectivity index (χ1) is 11.5. The second-order valence-corrected chi connectivity index (χ2v) is 5.74. The van der Waals surface area contributed by atoms with E-state index in [1.54, 1.807) is 0 Å². The number of carbonyl (C=O) groups excluding carboxylic acids is 2. The van der Waals surface area contributed by atoms with Gasteiger partial charge in [-0.25, -0.2) is 4.90 Å². The molecule has 0 radical (unpaired) electrons. The van der Waals surface area contributed by atoms with Crippen LogP contribution in [-0.2, 0) is 0 Å². The van der Waals surface area contributed by atoms with E-state index in [2.05, 4.69) is 10.1 Å². The lowest BCUT2D eigenvalue weighted by Crippen LogP contribution is -2.31. The van der Waals surface area contributed by atoms with Crippen LogP contribution in [0.5, 0.6) is 0 Å². The third-order valence-corrected chi connectivity index (χ3v) is 4.43. The fourth-order valence-electron chi connectivity index (χ4n) is 2.44. The molecule has 0 aliphatic carbocycles. The minimum atomic E-state index is -0.756. The average Bonchev–Trinajstić information content (AvgIpc) is 3.03. The van der Waals surface area contributed by atoms with Gasteiger partial charge < -0.3 is 0 Å². The second-order valence-electron chi connectivity index (χ2n) is 4.76. The molecule has 2 amide bonds. The summed E-state index contributed by atoms with van der Waals surface area (Å²) in [6, 6.07) is 5.45. The van der Waals surface area contributed by atoms with E-state index >= 15 is 0 Å². The predicted molar refractivity (Wildman–Crippen MR) is 81.4 cm³/mol. The van der Waals surface area contributed by atoms with Gasteiger partial charge in [0.2, 0.25) is 4.96 Å². The van der Waals surface area contributed by atoms with Crippen molar-refractivity contribution in [1.82, 2.24) is 14.6 Å². The summed E-state index contributed by atoms with van der Waals surface area (Å²) in [6.45, 7) is 0. The molecule has 0 saturated carbocycles. The highest BCUT2D eigenvalue weighted by Crippen LogP contribution is 2.36. The average molecular weight is 343 g/mol. The van der Waals surface area contributed by atoms with Crippen molar-refractivity contribution in [2.45, 2.75) is 0 Å². The Labute approximate surface area is 135 Å². The zero-order valence-corrected chi connectivity index (χ0v) is 12.4. The molecular weight excluding hydrogens is 338 g/mol. The largest absolute Gasteiger partial charge is 0.293 e. The molecule has 1 aromatic carbocycles. The van der Waals surface area contributed by atoms with E-state index < -0.39 is 22.3 Å². The van der Waals surface area contributed by atoms with E-state index in [-0.39, 0.29) is 26.9 Å². The van der Waals surface area contributed by atoms with Gasteiger partial charge in [-0.05, 0) is 6.07 Å². The van der Waals surface area contributed by atoms with Gasteiger partial charge in [0.25, 0.3) is 23.1 Å². The highest BCUT2D eigenvalue weighted by Gasteiger charge is 2.43. The molecule has 3 aromatic rings. The summed E-state index contributed by atoms with van der Waals surface area (Å²) in [4.78, 5) is 51.5. The minimum Gasteiger partial charge on any atom is -0.267 e. The maximum absolute atomic E-state index is 12.7. The number of benzene rings is 1. The number of amides is 2. The monoisotopic (exact) mass is 343 g/mol. The summed E-state index contributed by atoms with van der Waals surface area (Å²) in [7, 11) is 0. The van der Waals surface area contributed by atoms with Gasteiger partial charge in [-0.1, -0.05) is 23.5 Å². The van der Waals surface area contributed by atoms with Crippen molar-refractivity contribution >= 4 is 39.5 Å². The third kappa shape index (κ3) is 1.78. The highest BCUT2D eigenvalue weighted by atomic mass is 32.1. The van der Waals surface area contributed by atoms with Gasteiger partial charge in [-0.3, -0.25) is 24.5 Å². The summed E-state index contributed by atoms with van der Waals surface area (Å²) in [5, 5.41) is 15.0. The van der Waals surface area contributed by atoms with Crippen LogP contribution < -0.4 is 10.5 Å². The lowest BCUT2D eigenvalue weighted by Gasteiger charge is -2.13. The Balaban J connectivity index is 1.93. The van der Waals surface area contributed by atoms with E-state index in [9.17, 15) is 24.5 Å². The van der Waals surface area contributed by atoms with Crippen molar-refractivity contribution in [2.75, 3.05) is 4.90 Å². The molecule has 10 nitrogen and oxygen atoms in total. The molecule has 0 atom stereocenters. The van der Waals surface area contributed by atoms with Crippen molar-refractivity contribution in [3.8, 4) is 0 Å². The number of fused-ring (bicyclic) bond motifs is 3. The molecular formula is C13H5N5O5S. The molecule has 0 spiro atoms. The van der Waals surface area contributed by atoms with Crippen LogP contribution in [0.25, 0.3) is 4.96 Å². The zero-order chi connectivity index (χ0) is 17.0. The number of nitro groups is 1. The van der Waals surface area contributed by atoms with Gasteiger partial charge in [0.1, 0.15) is 16.8 Å². The molecule has 1 aliphatic heterocycles. The van der Waals surface area contributed by atoms with Crippen LogP contribution in [0.15, 0.2) is 35.3 Å². The normalized spacial score (nSPS) is 13.6. The van der Waals surface area contributed by atoms with Gasteiger partial charge in [0, 0.05) is 6.07 Å². The number of nitro benzene ring substituents is 1. The Morgan fingerprint density at radius 3 is 2.62 bits per heavy atom. The van der Waals surface area contributed by atoms with Crippen molar-refractivity contribution in [1.29, 1.82) is 0 Å². The highest BCUT2D eigenvalue weighted by molar-refractivity contribution is 7.19. The number of anilines is 1. The summed E-state index contributed by atoms with van der Waals surface area (Å²) >= 11 is 0.833. The van der Waals surface area contributed by atoms with Crippen LogP contribution >= 0.6 is 11.3 Å². The molecule has 0 saturated heterocycles. The van der Waals surface area contributed by atoms with E-state index in [1.807, 2.05) is 0 Å². The molecule has 1 aliphatic rings. The van der Waals surface area contributed by atoms with E-state index in [4.69, 9.17) is 0 Å². The Kier molecular flexibility index (Phi) is 2.81. The maximum Gasteiger partial charge on any atom is 0.293 e. The molecule has 2 aromatic heterocycles. The molecule has 0 N–H and O–H groups in total. The fraction of sp³-hybridized carbons (Fsp3) is 0. The number of para-hydroxylation sites is 2. The van der Waals surface area contributed by atoms with Gasteiger partial charge in [-0.15, -0.1) is 0 Å². The van der Waals surface area contributed by atoms with E-state index in [0.717, 1.165) is 26.9 Å².